The molecule has 0 saturated carbocycles. The van der Waals surface area contributed by atoms with Gasteiger partial charge in [-0.15, -0.1) is 0 Å². The predicted octanol–water partition coefficient (Wildman–Crippen LogP) is 2.98. The van der Waals surface area contributed by atoms with Crippen molar-refractivity contribution in [2.45, 2.75) is 5.03 Å². The van der Waals surface area contributed by atoms with Gasteiger partial charge in [-0.25, -0.2) is 4.98 Å². The SMILES string of the molecule is CN1CCN(C(=O)c2ccc(-c3ccc4ncc(S(=O)(=O)Nc5cc(-c6cnn(C)c6)cnc5C=N)n4c3)cc2)CC1. The van der Waals surface area contributed by atoms with E-state index in [1.54, 1.807) is 60.8 Å². The first-order chi connectivity index (χ1) is 20.2. The fourth-order valence-electron chi connectivity index (χ4n) is 4.92. The Morgan fingerprint density at radius 1 is 0.881 bits per heavy atom. The van der Waals surface area contributed by atoms with Gasteiger partial charge >= 0.3 is 0 Å². The maximum Gasteiger partial charge on any atom is 0.279 e. The number of amides is 1. The van der Waals surface area contributed by atoms with Crippen molar-refractivity contribution in [2.24, 2.45) is 7.05 Å². The molecule has 0 atom stereocenters. The van der Waals surface area contributed by atoms with Crippen LogP contribution in [0.5, 0.6) is 0 Å². The van der Waals surface area contributed by atoms with E-state index in [4.69, 9.17) is 5.41 Å². The van der Waals surface area contributed by atoms with Crippen LogP contribution in [0.3, 0.4) is 0 Å². The van der Waals surface area contributed by atoms with Crippen LogP contribution < -0.4 is 4.72 Å². The number of imidazole rings is 1. The summed E-state index contributed by atoms with van der Waals surface area (Å²) in [4.78, 5) is 25.6. The zero-order valence-corrected chi connectivity index (χ0v) is 23.9. The summed E-state index contributed by atoms with van der Waals surface area (Å²) in [6.07, 6.45) is 9.01. The third kappa shape index (κ3) is 5.27. The number of aromatic nitrogens is 5. The summed E-state index contributed by atoms with van der Waals surface area (Å²) in [7, 11) is -0.290. The van der Waals surface area contributed by atoms with Crippen molar-refractivity contribution in [3.8, 4) is 22.3 Å². The van der Waals surface area contributed by atoms with Gasteiger partial charge in [-0.05, 0) is 48.5 Å². The van der Waals surface area contributed by atoms with Crippen LogP contribution in [-0.2, 0) is 17.1 Å². The van der Waals surface area contributed by atoms with Gasteiger partial charge in [-0.3, -0.25) is 23.6 Å². The van der Waals surface area contributed by atoms with Crippen LogP contribution in [0.2, 0.25) is 0 Å². The lowest BCUT2D eigenvalue weighted by atomic mass is 10.0. The quantitative estimate of drug-likeness (QED) is 0.281. The number of nitrogens with zero attached hydrogens (tertiary/aromatic N) is 7. The molecule has 1 fully saturated rings. The number of nitrogens with one attached hydrogen (secondary N) is 2. The summed E-state index contributed by atoms with van der Waals surface area (Å²) in [5.74, 6) is 0.00513. The summed E-state index contributed by atoms with van der Waals surface area (Å²) < 4.78 is 32.9. The molecule has 1 aromatic carbocycles. The third-order valence-electron chi connectivity index (χ3n) is 7.34. The van der Waals surface area contributed by atoms with Crippen LogP contribution in [0.4, 0.5) is 5.69 Å². The minimum Gasteiger partial charge on any atom is -0.336 e. The van der Waals surface area contributed by atoms with E-state index in [2.05, 4.69) is 24.7 Å². The highest BCUT2D eigenvalue weighted by Crippen LogP contribution is 2.27. The summed E-state index contributed by atoms with van der Waals surface area (Å²) in [5, 5.41) is 11.8. The smallest absolute Gasteiger partial charge is 0.279 e. The van der Waals surface area contributed by atoms with Crippen LogP contribution in [0.1, 0.15) is 16.1 Å². The Kier molecular flexibility index (Phi) is 7.04. The van der Waals surface area contributed by atoms with E-state index < -0.39 is 10.0 Å². The minimum atomic E-state index is -4.12. The zero-order valence-electron chi connectivity index (χ0n) is 23.1. The molecule has 2 N–H and O–H groups in total. The highest BCUT2D eigenvalue weighted by Gasteiger charge is 2.23. The normalized spacial score (nSPS) is 14.3. The number of carbonyl (C=O) groups excluding carboxylic acids is 1. The first-order valence-electron chi connectivity index (χ1n) is 13.3. The van der Waals surface area contributed by atoms with E-state index in [9.17, 15) is 13.2 Å². The molecule has 1 aliphatic heterocycles. The largest absolute Gasteiger partial charge is 0.336 e. The number of anilines is 1. The molecule has 0 unspecified atom stereocenters. The second-order valence-electron chi connectivity index (χ2n) is 10.2. The fourth-order valence-corrected chi connectivity index (χ4v) is 6.08. The van der Waals surface area contributed by atoms with E-state index in [0.717, 1.165) is 36.0 Å². The van der Waals surface area contributed by atoms with Crippen LogP contribution in [-0.4, -0.2) is 87.7 Å². The molecule has 6 rings (SSSR count). The van der Waals surface area contributed by atoms with Gasteiger partial charge in [-0.2, -0.15) is 13.5 Å². The van der Waals surface area contributed by atoms with Crippen molar-refractivity contribution >= 4 is 33.5 Å². The number of hydrogen-bond donors (Lipinski definition) is 2. The van der Waals surface area contributed by atoms with Gasteiger partial charge in [0.2, 0.25) is 0 Å². The molecule has 1 saturated heterocycles. The molecule has 0 spiro atoms. The minimum absolute atomic E-state index is 0.00513. The molecule has 1 aliphatic rings. The van der Waals surface area contributed by atoms with Gasteiger partial charge in [0.15, 0.2) is 5.03 Å². The van der Waals surface area contributed by atoms with Crippen molar-refractivity contribution in [1.29, 1.82) is 5.41 Å². The van der Waals surface area contributed by atoms with Gasteiger partial charge in [-0.1, -0.05) is 12.1 Å². The average molecular weight is 584 g/mol. The fraction of sp³-hybridized carbons (Fsp3) is 0.207. The topological polar surface area (TPSA) is 142 Å². The summed E-state index contributed by atoms with van der Waals surface area (Å²) in [6.45, 7) is 3.10. The van der Waals surface area contributed by atoms with Gasteiger partial charge in [0, 0.05) is 74.7 Å². The molecular weight excluding hydrogens is 554 g/mol. The molecular formula is C29H29N9O3S. The summed E-state index contributed by atoms with van der Waals surface area (Å²) in [6, 6.07) is 12.5. The predicted molar refractivity (Wildman–Crippen MR) is 159 cm³/mol. The van der Waals surface area contributed by atoms with E-state index in [-0.39, 0.29) is 22.3 Å². The lowest BCUT2D eigenvalue weighted by Crippen LogP contribution is -2.47. The summed E-state index contributed by atoms with van der Waals surface area (Å²) >= 11 is 0. The summed E-state index contributed by atoms with van der Waals surface area (Å²) in [5.41, 5.74) is 4.41. The highest BCUT2D eigenvalue weighted by atomic mass is 32.2. The maximum atomic E-state index is 13.6. The van der Waals surface area contributed by atoms with Gasteiger partial charge in [0.05, 0.1) is 18.1 Å². The lowest BCUT2D eigenvalue weighted by Gasteiger charge is -2.32. The Morgan fingerprint density at radius 3 is 2.31 bits per heavy atom. The maximum absolute atomic E-state index is 13.6. The Bertz CT molecular complexity index is 1900. The van der Waals surface area contributed by atoms with Crippen molar-refractivity contribution in [3.63, 3.8) is 0 Å². The molecule has 12 nitrogen and oxygen atoms in total. The van der Waals surface area contributed by atoms with E-state index in [1.807, 2.05) is 30.1 Å². The van der Waals surface area contributed by atoms with E-state index >= 15 is 0 Å². The lowest BCUT2D eigenvalue weighted by molar-refractivity contribution is 0.0664. The van der Waals surface area contributed by atoms with Crippen molar-refractivity contribution < 1.29 is 13.2 Å². The number of sulfonamides is 1. The molecule has 0 radical (unpaired) electrons. The second kappa shape index (κ2) is 10.8. The van der Waals surface area contributed by atoms with Crippen LogP contribution in [0.15, 0.2) is 78.5 Å². The highest BCUT2D eigenvalue weighted by molar-refractivity contribution is 7.92. The molecule has 214 valence electrons. The number of fused-ring (bicyclic) bond motifs is 1. The number of benzene rings is 1. The number of aryl methyl sites for hydroxylation is 1. The van der Waals surface area contributed by atoms with Gasteiger partial charge in [0.1, 0.15) is 11.3 Å². The molecule has 1 amide bonds. The standard InChI is InChI=1S/C29H29N9O3S/c1-35-9-11-37(12-10-35)29(39)21-5-3-20(4-6-21)22-7-8-27-32-17-28(38(27)19-22)42(40,41)34-25-13-23(15-31-26(25)14-30)24-16-33-36(2)18-24/h3-8,13-19,30,34H,9-12H2,1-2H3. The molecule has 4 aromatic heterocycles. The number of pyridine rings is 2. The van der Waals surface area contributed by atoms with Crippen LogP contribution >= 0.6 is 0 Å². The van der Waals surface area contributed by atoms with Crippen molar-refractivity contribution in [1.82, 2.24) is 33.9 Å². The Morgan fingerprint density at radius 2 is 1.62 bits per heavy atom. The molecule has 0 aliphatic carbocycles. The van der Waals surface area contributed by atoms with Crippen LogP contribution in [0.25, 0.3) is 27.9 Å². The first-order valence-corrected chi connectivity index (χ1v) is 14.8. The molecule has 0 bridgehead atoms. The number of hydrogen-bond acceptors (Lipinski definition) is 8. The Balaban J connectivity index is 1.28. The van der Waals surface area contributed by atoms with Gasteiger partial charge in [0.25, 0.3) is 15.9 Å². The van der Waals surface area contributed by atoms with Crippen LogP contribution in [0, 0.1) is 5.41 Å². The van der Waals surface area contributed by atoms with Crippen molar-refractivity contribution in [3.05, 3.63) is 84.7 Å². The second-order valence-corrected chi connectivity index (χ2v) is 11.9. The third-order valence-corrected chi connectivity index (χ3v) is 8.68. The zero-order chi connectivity index (χ0) is 29.4. The number of rotatable bonds is 7. The molecule has 5 heterocycles. The van der Waals surface area contributed by atoms with E-state index in [0.29, 0.717) is 29.9 Å². The average Bonchev–Trinajstić information content (AvgIpc) is 3.63. The van der Waals surface area contributed by atoms with Crippen molar-refractivity contribution in [2.75, 3.05) is 37.9 Å². The number of likely N-dealkylation sites (N-methyl/N-ethyl adjacent to an activating group) is 1. The molecule has 13 heteroatoms. The Labute approximate surface area is 242 Å². The first kappa shape index (κ1) is 27.3. The van der Waals surface area contributed by atoms with Gasteiger partial charge < -0.3 is 15.2 Å². The number of piperazine rings is 1. The van der Waals surface area contributed by atoms with E-state index in [1.165, 1.54) is 10.6 Å². The monoisotopic (exact) mass is 583 g/mol. The molecule has 42 heavy (non-hydrogen) atoms. The number of carbonyl (C=O) groups is 1. The molecule has 5 aromatic rings. The Hall–Kier alpha value is -4.88.